The van der Waals surface area contributed by atoms with Crippen LogP contribution in [0.5, 0.6) is 23.0 Å². The van der Waals surface area contributed by atoms with Gasteiger partial charge in [0.15, 0.2) is 11.5 Å². The lowest BCUT2D eigenvalue weighted by molar-refractivity contribution is -0.165. The lowest BCUT2D eigenvalue weighted by Crippen LogP contribution is -2.60. The van der Waals surface area contributed by atoms with Crippen LogP contribution >= 0.6 is 0 Å². The zero-order valence-electron chi connectivity index (χ0n) is 19.0. The van der Waals surface area contributed by atoms with Crippen molar-refractivity contribution in [1.82, 2.24) is 4.90 Å². The van der Waals surface area contributed by atoms with Gasteiger partial charge in [0.2, 0.25) is 11.9 Å². The van der Waals surface area contributed by atoms with Crippen molar-refractivity contribution in [2.24, 2.45) is 0 Å². The summed E-state index contributed by atoms with van der Waals surface area (Å²) in [5, 5.41) is 0. The first kappa shape index (κ1) is 22.5. The molecular weight excluding hydrogens is 425 g/mol. The molecule has 7 heteroatoms. The standard InChI is InChI=1S/C26H26FNO5/c1-16-7-5-6-8-20(16)33-25-23(18-13-21(30-2)24(32-4)22(14-18)31-3)28(26(25)29)15-17-9-11-19(27)12-10-17/h5-14,23,25H,15H2,1-4H3/t23-,25-/m0/s1. The Kier molecular flexibility index (Phi) is 6.40. The summed E-state index contributed by atoms with van der Waals surface area (Å²) in [6, 6.07) is 16.9. The van der Waals surface area contributed by atoms with Gasteiger partial charge in [-0.3, -0.25) is 4.79 Å². The largest absolute Gasteiger partial charge is 0.493 e. The van der Waals surface area contributed by atoms with Gasteiger partial charge in [0.1, 0.15) is 17.6 Å². The number of para-hydroxylation sites is 1. The second-order valence-electron chi connectivity index (χ2n) is 7.80. The highest BCUT2D eigenvalue weighted by Crippen LogP contribution is 2.45. The second-order valence-corrected chi connectivity index (χ2v) is 7.80. The Morgan fingerprint density at radius 1 is 0.879 bits per heavy atom. The number of ether oxygens (including phenoxy) is 4. The van der Waals surface area contributed by atoms with Crippen LogP contribution in [-0.2, 0) is 11.3 Å². The van der Waals surface area contributed by atoms with E-state index in [1.807, 2.05) is 43.3 Å². The molecule has 0 N–H and O–H groups in total. The van der Waals surface area contributed by atoms with Gasteiger partial charge in [-0.2, -0.15) is 0 Å². The van der Waals surface area contributed by atoms with Crippen molar-refractivity contribution in [1.29, 1.82) is 0 Å². The molecule has 3 aromatic carbocycles. The predicted molar refractivity (Wildman–Crippen MR) is 121 cm³/mol. The number of rotatable bonds is 8. The van der Waals surface area contributed by atoms with E-state index in [9.17, 15) is 9.18 Å². The van der Waals surface area contributed by atoms with Gasteiger partial charge >= 0.3 is 0 Å². The number of carbonyl (C=O) groups excluding carboxylic acids is 1. The van der Waals surface area contributed by atoms with E-state index >= 15 is 0 Å². The number of methoxy groups -OCH3 is 3. The molecule has 33 heavy (non-hydrogen) atoms. The third-order valence-corrected chi connectivity index (χ3v) is 5.79. The van der Waals surface area contributed by atoms with Gasteiger partial charge in [0.25, 0.3) is 5.91 Å². The minimum Gasteiger partial charge on any atom is -0.493 e. The molecule has 6 nitrogen and oxygen atoms in total. The molecule has 0 aromatic heterocycles. The summed E-state index contributed by atoms with van der Waals surface area (Å²) < 4.78 is 36.0. The Morgan fingerprint density at radius 3 is 2.09 bits per heavy atom. The van der Waals surface area contributed by atoms with Gasteiger partial charge in [-0.25, -0.2) is 4.39 Å². The summed E-state index contributed by atoms with van der Waals surface area (Å²) in [5.41, 5.74) is 2.53. The molecule has 0 unspecified atom stereocenters. The quantitative estimate of drug-likeness (QED) is 0.465. The van der Waals surface area contributed by atoms with E-state index in [0.717, 1.165) is 16.7 Å². The minimum atomic E-state index is -0.727. The fourth-order valence-electron chi connectivity index (χ4n) is 4.05. The molecule has 172 valence electrons. The van der Waals surface area contributed by atoms with Crippen molar-refractivity contribution >= 4 is 5.91 Å². The van der Waals surface area contributed by atoms with Crippen LogP contribution in [0.15, 0.2) is 60.7 Å². The summed E-state index contributed by atoms with van der Waals surface area (Å²) >= 11 is 0. The number of hydrogen-bond acceptors (Lipinski definition) is 5. The van der Waals surface area contributed by atoms with Gasteiger partial charge in [0.05, 0.1) is 21.3 Å². The Labute approximate surface area is 192 Å². The van der Waals surface area contributed by atoms with Crippen LogP contribution in [0.25, 0.3) is 0 Å². The van der Waals surface area contributed by atoms with Crippen molar-refractivity contribution in [2.75, 3.05) is 21.3 Å². The van der Waals surface area contributed by atoms with Crippen molar-refractivity contribution in [2.45, 2.75) is 25.6 Å². The molecule has 1 heterocycles. The molecule has 0 aliphatic carbocycles. The van der Waals surface area contributed by atoms with Gasteiger partial charge in [-0.1, -0.05) is 30.3 Å². The molecular formula is C26H26FNO5. The van der Waals surface area contributed by atoms with Gasteiger partial charge in [-0.15, -0.1) is 0 Å². The van der Waals surface area contributed by atoms with E-state index in [4.69, 9.17) is 18.9 Å². The highest BCUT2D eigenvalue weighted by molar-refractivity contribution is 5.89. The molecule has 0 radical (unpaired) electrons. The molecule has 0 saturated carbocycles. The first-order chi connectivity index (χ1) is 16.0. The maximum atomic E-state index is 13.4. The van der Waals surface area contributed by atoms with Crippen molar-refractivity contribution < 1.29 is 28.1 Å². The highest BCUT2D eigenvalue weighted by atomic mass is 19.1. The lowest BCUT2D eigenvalue weighted by Gasteiger charge is -2.47. The molecule has 1 aliphatic heterocycles. The maximum Gasteiger partial charge on any atom is 0.267 e. The summed E-state index contributed by atoms with van der Waals surface area (Å²) in [4.78, 5) is 14.9. The number of amides is 1. The summed E-state index contributed by atoms with van der Waals surface area (Å²) in [6.45, 7) is 2.25. The molecule has 1 saturated heterocycles. The fraction of sp³-hybridized carbons (Fsp3) is 0.269. The summed E-state index contributed by atoms with van der Waals surface area (Å²) in [7, 11) is 4.63. The third kappa shape index (κ3) is 4.31. The van der Waals surface area contributed by atoms with Gasteiger partial charge in [0, 0.05) is 6.54 Å². The first-order valence-corrected chi connectivity index (χ1v) is 10.5. The van der Waals surface area contributed by atoms with E-state index in [1.165, 1.54) is 19.2 Å². The SMILES string of the molecule is COc1cc([C@H]2[C@H](Oc3ccccc3C)C(=O)N2Cc2ccc(F)cc2)cc(OC)c1OC. The minimum absolute atomic E-state index is 0.152. The molecule has 1 fully saturated rings. The smallest absolute Gasteiger partial charge is 0.267 e. The number of carbonyl (C=O) groups is 1. The molecule has 1 aliphatic rings. The number of halogens is 1. The number of β-lactam (4-membered cyclic amide) rings is 1. The molecule has 4 rings (SSSR count). The Bertz CT molecular complexity index is 1120. The number of nitrogens with zero attached hydrogens (tertiary/aromatic N) is 1. The Balaban J connectivity index is 1.73. The topological polar surface area (TPSA) is 57.2 Å². The number of likely N-dealkylation sites (tertiary alicyclic amines) is 1. The average Bonchev–Trinajstić information content (AvgIpc) is 2.84. The molecule has 3 aromatic rings. The molecule has 2 atom stereocenters. The van der Waals surface area contributed by atoms with Gasteiger partial charge in [-0.05, 0) is 53.9 Å². The van der Waals surface area contributed by atoms with Crippen molar-refractivity contribution in [3.05, 3.63) is 83.2 Å². The first-order valence-electron chi connectivity index (χ1n) is 10.5. The average molecular weight is 451 g/mol. The van der Waals surface area contributed by atoms with E-state index < -0.39 is 12.1 Å². The Morgan fingerprint density at radius 2 is 1.52 bits per heavy atom. The van der Waals surface area contributed by atoms with Crippen molar-refractivity contribution in [3.8, 4) is 23.0 Å². The van der Waals surface area contributed by atoms with E-state index in [1.54, 1.807) is 31.3 Å². The van der Waals surface area contributed by atoms with E-state index in [2.05, 4.69) is 0 Å². The lowest BCUT2D eigenvalue weighted by atomic mass is 9.89. The van der Waals surface area contributed by atoms with Crippen LogP contribution in [0, 0.1) is 12.7 Å². The number of aryl methyl sites for hydroxylation is 1. The molecule has 0 bridgehead atoms. The predicted octanol–water partition coefficient (Wildman–Crippen LogP) is 4.69. The zero-order chi connectivity index (χ0) is 23.5. The number of benzene rings is 3. The molecule has 1 amide bonds. The summed E-state index contributed by atoms with van der Waals surface area (Å²) in [6.07, 6.45) is -0.727. The summed E-state index contributed by atoms with van der Waals surface area (Å²) in [5.74, 6) is 1.62. The normalized spacial score (nSPS) is 17.4. The Hall–Kier alpha value is -3.74. The van der Waals surface area contributed by atoms with E-state index in [0.29, 0.717) is 29.5 Å². The van der Waals surface area contributed by atoms with Crippen LogP contribution in [0.3, 0.4) is 0 Å². The monoisotopic (exact) mass is 451 g/mol. The molecule has 0 spiro atoms. The number of hydrogen-bond donors (Lipinski definition) is 0. The second kappa shape index (κ2) is 9.40. The third-order valence-electron chi connectivity index (χ3n) is 5.79. The van der Waals surface area contributed by atoms with Crippen molar-refractivity contribution in [3.63, 3.8) is 0 Å². The van der Waals surface area contributed by atoms with Crippen LogP contribution in [0.2, 0.25) is 0 Å². The van der Waals surface area contributed by atoms with Crippen LogP contribution in [-0.4, -0.2) is 38.2 Å². The van der Waals surface area contributed by atoms with Crippen LogP contribution < -0.4 is 18.9 Å². The van der Waals surface area contributed by atoms with Crippen LogP contribution in [0.4, 0.5) is 4.39 Å². The fourth-order valence-corrected chi connectivity index (χ4v) is 4.05. The van der Waals surface area contributed by atoms with Crippen LogP contribution in [0.1, 0.15) is 22.7 Å². The maximum absolute atomic E-state index is 13.4. The van der Waals surface area contributed by atoms with Gasteiger partial charge < -0.3 is 23.8 Å². The highest BCUT2D eigenvalue weighted by Gasteiger charge is 2.50. The zero-order valence-corrected chi connectivity index (χ0v) is 19.0. The van der Waals surface area contributed by atoms with E-state index in [-0.39, 0.29) is 11.7 Å².